The molecule has 2 aromatic rings. The maximum atomic E-state index is 10.9. The molecule has 0 spiro atoms. The monoisotopic (exact) mass is 231 g/mol. The van der Waals surface area contributed by atoms with Crippen molar-refractivity contribution in [3.8, 4) is 11.5 Å². The number of nitrogens with one attached hydrogen (secondary N) is 1. The maximum absolute atomic E-state index is 10.9. The van der Waals surface area contributed by atoms with Crippen molar-refractivity contribution in [2.45, 2.75) is 20.3 Å². The van der Waals surface area contributed by atoms with Gasteiger partial charge in [-0.15, -0.1) is 10.2 Å². The van der Waals surface area contributed by atoms with Crippen molar-refractivity contribution in [2.24, 2.45) is 0 Å². The number of nitrogens with zero attached hydrogens (tertiary/aromatic N) is 2. The molecule has 0 aliphatic carbocycles. The molecule has 17 heavy (non-hydrogen) atoms. The minimum Gasteiger partial charge on any atom is -0.421 e. The Bertz CT molecular complexity index is 517. The molecule has 1 heterocycles. The summed E-state index contributed by atoms with van der Waals surface area (Å²) >= 11 is 0. The number of carbonyl (C=O) groups is 1. The number of hydrogen-bond donors (Lipinski definition) is 1. The summed E-state index contributed by atoms with van der Waals surface area (Å²) in [5.41, 5.74) is 1.59. The highest BCUT2D eigenvalue weighted by molar-refractivity contribution is 5.88. The molecule has 0 unspecified atom stereocenters. The number of carbonyl (C=O) groups excluding carboxylic acids is 1. The first-order valence-corrected chi connectivity index (χ1v) is 5.39. The van der Waals surface area contributed by atoms with Gasteiger partial charge in [0, 0.05) is 24.6 Å². The average Bonchev–Trinajstić information content (AvgIpc) is 2.78. The largest absolute Gasteiger partial charge is 0.421 e. The van der Waals surface area contributed by atoms with Crippen LogP contribution in [0.25, 0.3) is 11.5 Å². The van der Waals surface area contributed by atoms with Crippen LogP contribution in [0.4, 0.5) is 5.69 Å². The van der Waals surface area contributed by atoms with Crippen molar-refractivity contribution in [3.63, 3.8) is 0 Å². The molecule has 1 N–H and O–H groups in total. The van der Waals surface area contributed by atoms with E-state index in [-0.39, 0.29) is 5.91 Å². The third kappa shape index (κ3) is 2.69. The van der Waals surface area contributed by atoms with Gasteiger partial charge in [-0.05, 0) is 24.3 Å². The van der Waals surface area contributed by atoms with Crippen LogP contribution in [0.1, 0.15) is 19.7 Å². The van der Waals surface area contributed by atoms with Crippen molar-refractivity contribution in [2.75, 3.05) is 5.32 Å². The predicted molar refractivity (Wildman–Crippen MR) is 63.4 cm³/mol. The fourth-order valence-corrected chi connectivity index (χ4v) is 1.41. The summed E-state index contributed by atoms with van der Waals surface area (Å²) in [5.74, 6) is 1.02. The van der Waals surface area contributed by atoms with Crippen molar-refractivity contribution in [1.29, 1.82) is 0 Å². The molecular formula is C12H13N3O2. The Morgan fingerprint density at radius 1 is 1.29 bits per heavy atom. The lowest BCUT2D eigenvalue weighted by molar-refractivity contribution is -0.114. The summed E-state index contributed by atoms with van der Waals surface area (Å²) in [6, 6.07) is 7.26. The summed E-state index contributed by atoms with van der Waals surface area (Å²) < 4.78 is 5.43. The molecule has 0 atom stereocenters. The van der Waals surface area contributed by atoms with Crippen molar-refractivity contribution >= 4 is 11.6 Å². The van der Waals surface area contributed by atoms with Crippen LogP contribution in [-0.2, 0) is 11.2 Å². The summed E-state index contributed by atoms with van der Waals surface area (Å²) in [6.45, 7) is 3.43. The second-order valence-corrected chi connectivity index (χ2v) is 3.61. The molecule has 0 bridgehead atoms. The van der Waals surface area contributed by atoms with Gasteiger partial charge < -0.3 is 9.73 Å². The van der Waals surface area contributed by atoms with Crippen LogP contribution >= 0.6 is 0 Å². The van der Waals surface area contributed by atoms with E-state index >= 15 is 0 Å². The van der Waals surface area contributed by atoms with Crippen LogP contribution < -0.4 is 5.32 Å². The topological polar surface area (TPSA) is 68.0 Å². The zero-order valence-electron chi connectivity index (χ0n) is 9.73. The highest BCUT2D eigenvalue weighted by atomic mass is 16.4. The van der Waals surface area contributed by atoms with Gasteiger partial charge in [-0.1, -0.05) is 6.92 Å². The normalized spacial score (nSPS) is 10.2. The average molecular weight is 231 g/mol. The van der Waals surface area contributed by atoms with E-state index in [1.54, 1.807) is 12.1 Å². The van der Waals surface area contributed by atoms with Crippen molar-refractivity contribution in [1.82, 2.24) is 10.2 Å². The fourth-order valence-electron chi connectivity index (χ4n) is 1.41. The Balaban J connectivity index is 2.19. The molecule has 0 aliphatic rings. The van der Waals surface area contributed by atoms with Gasteiger partial charge in [0.05, 0.1) is 0 Å². The summed E-state index contributed by atoms with van der Waals surface area (Å²) in [5, 5.41) is 10.5. The molecule has 88 valence electrons. The fraction of sp³-hybridized carbons (Fsp3) is 0.250. The van der Waals surface area contributed by atoms with Crippen LogP contribution in [0, 0.1) is 0 Å². The zero-order valence-corrected chi connectivity index (χ0v) is 9.73. The van der Waals surface area contributed by atoms with Gasteiger partial charge in [0.1, 0.15) is 0 Å². The number of hydrogen-bond acceptors (Lipinski definition) is 4. The van der Waals surface area contributed by atoms with E-state index in [1.807, 2.05) is 19.1 Å². The summed E-state index contributed by atoms with van der Waals surface area (Å²) in [4.78, 5) is 10.9. The molecule has 0 aliphatic heterocycles. The van der Waals surface area contributed by atoms with Crippen LogP contribution in [0.15, 0.2) is 28.7 Å². The van der Waals surface area contributed by atoms with Gasteiger partial charge in [-0.25, -0.2) is 0 Å². The minimum absolute atomic E-state index is 0.0937. The molecule has 0 saturated carbocycles. The minimum atomic E-state index is -0.0937. The first kappa shape index (κ1) is 11.3. The van der Waals surface area contributed by atoms with Crippen LogP contribution in [0.2, 0.25) is 0 Å². The molecule has 1 aromatic carbocycles. The second-order valence-electron chi connectivity index (χ2n) is 3.61. The van der Waals surface area contributed by atoms with E-state index < -0.39 is 0 Å². The van der Waals surface area contributed by atoms with E-state index in [0.717, 1.165) is 17.7 Å². The SMILES string of the molecule is CCc1nnc(-c2ccc(NC(C)=O)cc2)o1. The molecule has 1 amide bonds. The van der Waals surface area contributed by atoms with E-state index in [4.69, 9.17) is 4.42 Å². The van der Waals surface area contributed by atoms with E-state index in [0.29, 0.717) is 11.8 Å². The van der Waals surface area contributed by atoms with Gasteiger partial charge in [0.25, 0.3) is 0 Å². The third-order valence-electron chi connectivity index (χ3n) is 2.22. The van der Waals surface area contributed by atoms with E-state index in [2.05, 4.69) is 15.5 Å². The zero-order chi connectivity index (χ0) is 12.3. The third-order valence-corrected chi connectivity index (χ3v) is 2.22. The van der Waals surface area contributed by atoms with Crippen molar-refractivity contribution in [3.05, 3.63) is 30.2 Å². The first-order chi connectivity index (χ1) is 8.19. The Morgan fingerprint density at radius 3 is 2.53 bits per heavy atom. The molecule has 1 aromatic heterocycles. The summed E-state index contributed by atoms with van der Waals surface area (Å²) in [6.07, 6.45) is 0.719. The van der Waals surface area contributed by atoms with Crippen LogP contribution in [0.3, 0.4) is 0 Å². The van der Waals surface area contributed by atoms with E-state index in [1.165, 1.54) is 6.92 Å². The predicted octanol–water partition coefficient (Wildman–Crippen LogP) is 2.26. The van der Waals surface area contributed by atoms with Crippen molar-refractivity contribution < 1.29 is 9.21 Å². The number of rotatable bonds is 3. The summed E-state index contributed by atoms with van der Waals surface area (Å²) in [7, 11) is 0. The molecule has 2 rings (SSSR count). The second kappa shape index (κ2) is 4.78. The molecule has 0 radical (unpaired) electrons. The number of aryl methyl sites for hydroxylation is 1. The van der Waals surface area contributed by atoms with Gasteiger partial charge in [-0.3, -0.25) is 4.79 Å². The Morgan fingerprint density at radius 2 is 2.00 bits per heavy atom. The quantitative estimate of drug-likeness (QED) is 0.879. The lowest BCUT2D eigenvalue weighted by Gasteiger charge is -2.01. The Hall–Kier alpha value is -2.17. The first-order valence-electron chi connectivity index (χ1n) is 5.39. The standard InChI is InChI=1S/C12H13N3O2/c1-3-11-14-15-12(17-11)9-4-6-10(7-5-9)13-8(2)16/h4-7H,3H2,1-2H3,(H,13,16). The number of amides is 1. The highest BCUT2D eigenvalue weighted by Gasteiger charge is 2.06. The Kier molecular flexibility index (Phi) is 3.18. The molecule has 5 nitrogen and oxygen atoms in total. The molecule has 0 fully saturated rings. The van der Waals surface area contributed by atoms with Gasteiger partial charge in [-0.2, -0.15) is 0 Å². The van der Waals surface area contributed by atoms with Gasteiger partial charge >= 0.3 is 0 Å². The number of benzene rings is 1. The highest BCUT2D eigenvalue weighted by Crippen LogP contribution is 2.20. The molecule has 0 saturated heterocycles. The number of aromatic nitrogens is 2. The van der Waals surface area contributed by atoms with Crippen LogP contribution in [0.5, 0.6) is 0 Å². The van der Waals surface area contributed by atoms with Gasteiger partial charge in [0.15, 0.2) is 0 Å². The van der Waals surface area contributed by atoms with Crippen LogP contribution in [-0.4, -0.2) is 16.1 Å². The lowest BCUT2D eigenvalue weighted by Crippen LogP contribution is -2.05. The molecule has 5 heteroatoms. The van der Waals surface area contributed by atoms with Gasteiger partial charge in [0.2, 0.25) is 17.7 Å². The Labute approximate surface area is 98.9 Å². The lowest BCUT2D eigenvalue weighted by atomic mass is 10.2. The smallest absolute Gasteiger partial charge is 0.247 e. The number of anilines is 1. The maximum Gasteiger partial charge on any atom is 0.247 e. The van der Waals surface area contributed by atoms with E-state index in [9.17, 15) is 4.79 Å². The molecular weight excluding hydrogens is 218 g/mol.